The quantitative estimate of drug-likeness (QED) is 0.810. The molecule has 0 saturated heterocycles. The minimum absolute atomic E-state index is 0.286. The van der Waals surface area contributed by atoms with E-state index in [2.05, 4.69) is 9.97 Å². The van der Waals surface area contributed by atoms with E-state index in [1.165, 1.54) is 5.56 Å². The average Bonchev–Trinajstić information content (AvgIpc) is 2.29. The van der Waals surface area contributed by atoms with Gasteiger partial charge in [0.15, 0.2) is 5.15 Å². The van der Waals surface area contributed by atoms with Gasteiger partial charge in [0.1, 0.15) is 5.75 Å². The molecule has 1 aromatic heterocycles. The molecule has 0 N–H and O–H groups in total. The summed E-state index contributed by atoms with van der Waals surface area (Å²) in [5.74, 6) is 1.05. The Morgan fingerprint density at radius 3 is 2.18 bits per heavy atom. The zero-order chi connectivity index (χ0) is 12.4. The van der Waals surface area contributed by atoms with Gasteiger partial charge < -0.3 is 4.74 Å². The average molecular weight is 249 g/mol. The predicted octanol–water partition coefficient (Wildman–Crippen LogP) is 3.85. The molecular weight excluding hydrogens is 236 g/mol. The Morgan fingerprint density at radius 1 is 0.941 bits per heavy atom. The molecule has 0 unspecified atom stereocenters. The van der Waals surface area contributed by atoms with Crippen LogP contribution in [0.3, 0.4) is 0 Å². The van der Waals surface area contributed by atoms with E-state index in [1.54, 1.807) is 0 Å². The Hall–Kier alpha value is -1.61. The lowest BCUT2D eigenvalue weighted by atomic mass is 10.2. The van der Waals surface area contributed by atoms with Crippen molar-refractivity contribution < 1.29 is 4.74 Å². The molecule has 4 heteroatoms. The summed E-state index contributed by atoms with van der Waals surface area (Å²) < 4.78 is 5.59. The van der Waals surface area contributed by atoms with Gasteiger partial charge in [-0.2, -0.15) is 0 Å². The summed E-state index contributed by atoms with van der Waals surface area (Å²) in [5.41, 5.74) is 2.80. The van der Waals surface area contributed by atoms with Crippen LogP contribution in [0, 0.1) is 20.8 Å². The number of hydrogen-bond acceptors (Lipinski definition) is 3. The maximum Gasteiger partial charge on any atom is 0.257 e. The van der Waals surface area contributed by atoms with Crippen LogP contribution in [0.5, 0.6) is 11.6 Å². The molecular formula is C13H13ClN2O. The van der Waals surface area contributed by atoms with E-state index in [0.29, 0.717) is 11.6 Å². The standard InChI is InChI=1S/C13H13ClN2O/c1-8-4-6-11(7-5-8)17-13-12(14)15-9(2)10(3)16-13/h4-7H,1-3H3. The third-order valence-electron chi connectivity index (χ3n) is 2.47. The first-order valence-corrected chi connectivity index (χ1v) is 5.69. The van der Waals surface area contributed by atoms with E-state index in [4.69, 9.17) is 16.3 Å². The van der Waals surface area contributed by atoms with Crippen molar-refractivity contribution in [1.29, 1.82) is 0 Å². The molecule has 2 aromatic rings. The number of benzene rings is 1. The second-order valence-electron chi connectivity index (χ2n) is 3.91. The highest BCUT2D eigenvalue weighted by Gasteiger charge is 2.09. The summed E-state index contributed by atoms with van der Waals surface area (Å²) in [5, 5.41) is 0.286. The number of halogens is 1. The van der Waals surface area contributed by atoms with Crippen molar-refractivity contribution in [3.63, 3.8) is 0 Å². The fourth-order valence-corrected chi connectivity index (χ4v) is 1.55. The van der Waals surface area contributed by atoms with Gasteiger partial charge in [0, 0.05) is 0 Å². The molecule has 17 heavy (non-hydrogen) atoms. The van der Waals surface area contributed by atoms with E-state index in [0.717, 1.165) is 11.4 Å². The zero-order valence-corrected chi connectivity index (χ0v) is 10.7. The second kappa shape index (κ2) is 4.72. The van der Waals surface area contributed by atoms with Gasteiger partial charge in [-0.3, -0.25) is 0 Å². The zero-order valence-electron chi connectivity index (χ0n) is 9.99. The van der Waals surface area contributed by atoms with Crippen molar-refractivity contribution in [2.45, 2.75) is 20.8 Å². The second-order valence-corrected chi connectivity index (χ2v) is 4.26. The Kier molecular flexibility index (Phi) is 3.29. The van der Waals surface area contributed by atoms with Crippen LogP contribution in [0.4, 0.5) is 0 Å². The Labute approximate surface area is 105 Å². The summed E-state index contributed by atoms with van der Waals surface area (Å²) >= 11 is 5.98. The largest absolute Gasteiger partial charge is 0.436 e. The number of aryl methyl sites for hydroxylation is 3. The minimum atomic E-state index is 0.286. The molecule has 1 heterocycles. The third kappa shape index (κ3) is 2.74. The van der Waals surface area contributed by atoms with Crippen LogP contribution in [0.15, 0.2) is 24.3 Å². The number of ether oxygens (including phenoxy) is 1. The first-order chi connectivity index (χ1) is 8.06. The summed E-state index contributed by atoms with van der Waals surface area (Å²) in [6.07, 6.45) is 0. The first-order valence-electron chi connectivity index (χ1n) is 5.31. The number of aromatic nitrogens is 2. The fourth-order valence-electron chi connectivity index (χ4n) is 1.34. The molecule has 0 saturated carbocycles. The van der Waals surface area contributed by atoms with Crippen molar-refractivity contribution in [2.24, 2.45) is 0 Å². The van der Waals surface area contributed by atoms with Gasteiger partial charge in [-0.15, -0.1) is 0 Å². The fraction of sp³-hybridized carbons (Fsp3) is 0.231. The molecule has 0 atom stereocenters. The molecule has 3 nitrogen and oxygen atoms in total. The minimum Gasteiger partial charge on any atom is -0.436 e. The van der Waals surface area contributed by atoms with Crippen molar-refractivity contribution >= 4 is 11.6 Å². The van der Waals surface area contributed by atoms with Gasteiger partial charge in [0.05, 0.1) is 11.4 Å². The molecule has 0 amide bonds. The first kappa shape index (κ1) is 11.9. The van der Waals surface area contributed by atoms with E-state index in [1.807, 2.05) is 45.0 Å². The normalized spacial score (nSPS) is 10.4. The summed E-state index contributed by atoms with van der Waals surface area (Å²) in [6.45, 7) is 5.76. The Morgan fingerprint density at radius 2 is 1.53 bits per heavy atom. The van der Waals surface area contributed by atoms with Crippen LogP contribution in [-0.4, -0.2) is 9.97 Å². The number of rotatable bonds is 2. The van der Waals surface area contributed by atoms with Crippen molar-refractivity contribution in [3.05, 3.63) is 46.4 Å². The monoisotopic (exact) mass is 248 g/mol. The van der Waals surface area contributed by atoms with Crippen LogP contribution in [0.2, 0.25) is 5.15 Å². The third-order valence-corrected chi connectivity index (χ3v) is 2.72. The molecule has 88 valence electrons. The van der Waals surface area contributed by atoms with Gasteiger partial charge in [0.2, 0.25) is 0 Å². The topological polar surface area (TPSA) is 35.0 Å². The molecule has 0 fully saturated rings. The van der Waals surface area contributed by atoms with Crippen molar-refractivity contribution in [2.75, 3.05) is 0 Å². The lowest BCUT2D eigenvalue weighted by Gasteiger charge is -2.08. The van der Waals surface area contributed by atoms with Crippen LogP contribution in [0.25, 0.3) is 0 Å². The number of nitrogens with zero attached hydrogens (tertiary/aromatic N) is 2. The van der Waals surface area contributed by atoms with E-state index in [9.17, 15) is 0 Å². The lowest BCUT2D eigenvalue weighted by molar-refractivity contribution is 0.458. The van der Waals surface area contributed by atoms with Gasteiger partial charge in [-0.05, 0) is 32.9 Å². The van der Waals surface area contributed by atoms with Crippen molar-refractivity contribution in [3.8, 4) is 11.6 Å². The van der Waals surface area contributed by atoms with Gasteiger partial charge >= 0.3 is 0 Å². The smallest absolute Gasteiger partial charge is 0.257 e. The lowest BCUT2D eigenvalue weighted by Crippen LogP contribution is -1.97. The Balaban J connectivity index is 2.30. The van der Waals surface area contributed by atoms with Crippen LogP contribution in [0.1, 0.15) is 17.0 Å². The highest BCUT2D eigenvalue weighted by Crippen LogP contribution is 2.26. The van der Waals surface area contributed by atoms with E-state index >= 15 is 0 Å². The highest BCUT2D eigenvalue weighted by molar-refractivity contribution is 6.30. The molecule has 1 aromatic carbocycles. The summed E-state index contributed by atoms with van der Waals surface area (Å²) in [4.78, 5) is 8.44. The molecule has 0 aliphatic rings. The maximum absolute atomic E-state index is 5.98. The molecule has 0 radical (unpaired) electrons. The molecule has 0 bridgehead atoms. The molecule has 2 rings (SSSR count). The van der Waals surface area contributed by atoms with E-state index in [-0.39, 0.29) is 5.15 Å². The predicted molar refractivity (Wildman–Crippen MR) is 67.8 cm³/mol. The molecule has 0 spiro atoms. The van der Waals surface area contributed by atoms with Crippen LogP contribution >= 0.6 is 11.6 Å². The summed E-state index contributed by atoms with van der Waals surface area (Å²) in [7, 11) is 0. The van der Waals surface area contributed by atoms with Gasteiger partial charge in [-0.1, -0.05) is 29.3 Å². The van der Waals surface area contributed by atoms with Crippen LogP contribution < -0.4 is 4.74 Å². The van der Waals surface area contributed by atoms with Gasteiger partial charge in [-0.25, -0.2) is 9.97 Å². The number of hydrogen-bond donors (Lipinski definition) is 0. The Bertz CT molecular complexity index is 538. The molecule has 0 aliphatic heterocycles. The van der Waals surface area contributed by atoms with Crippen LogP contribution in [-0.2, 0) is 0 Å². The van der Waals surface area contributed by atoms with E-state index < -0.39 is 0 Å². The molecule has 0 aliphatic carbocycles. The summed E-state index contributed by atoms with van der Waals surface area (Å²) in [6, 6.07) is 7.69. The SMILES string of the molecule is Cc1ccc(Oc2nc(C)c(C)nc2Cl)cc1. The van der Waals surface area contributed by atoms with Crippen molar-refractivity contribution in [1.82, 2.24) is 9.97 Å². The highest BCUT2D eigenvalue weighted by atomic mass is 35.5. The van der Waals surface area contributed by atoms with Gasteiger partial charge in [0.25, 0.3) is 5.88 Å². The maximum atomic E-state index is 5.98.